The Morgan fingerprint density at radius 1 is 1.50 bits per heavy atom. The summed E-state index contributed by atoms with van der Waals surface area (Å²) < 4.78 is 18.2. The van der Waals surface area contributed by atoms with Crippen LogP contribution in [0.2, 0.25) is 0 Å². The predicted molar refractivity (Wildman–Crippen MR) is 60.1 cm³/mol. The van der Waals surface area contributed by atoms with Crippen molar-refractivity contribution in [3.63, 3.8) is 0 Å². The van der Waals surface area contributed by atoms with Crippen LogP contribution in [0.15, 0.2) is 18.2 Å². The summed E-state index contributed by atoms with van der Waals surface area (Å²) in [7, 11) is 1.50. The van der Waals surface area contributed by atoms with Crippen molar-refractivity contribution in [3.8, 4) is 5.75 Å². The molecule has 0 saturated carbocycles. The van der Waals surface area contributed by atoms with Crippen molar-refractivity contribution in [2.45, 2.75) is 6.92 Å². The number of methoxy groups -OCH3 is 1. The van der Waals surface area contributed by atoms with Gasteiger partial charge in [0.1, 0.15) is 11.6 Å². The maximum Gasteiger partial charge on any atom is 0.239 e. The van der Waals surface area contributed by atoms with Crippen LogP contribution in [0.1, 0.15) is 6.92 Å². The molecule has 0 radical (unpaired) electrons. The van der Waals surface area contributed by atoms with Crippen LogP contribution in [0.25, 0.3) is 0 Å². The van der Waals surface area contributed by atoms with Crippen molar-refractivity contribution in [1.82, 2.24) is 5.32 Å². The fourth-order valence-corrected chi connectivity index (χ4v) is 1.20. The van der Waals surface area contributed by atoms with Crippen LogP contribution in [0.4, 0.5) is 10.1 Å². The number of hydrogen-bond donors (Lipinski definition) is 2. The number of benzene rings is 1. The van der Waals surface area contributed by atoms with Gasteiger partial charge in [0.25, 0.3) is 0 Å². The Bertz CT molecular complexity index is 369. The van der Waals surface area contributed by atoms with Crippen molar-refractivity contribution < 1.29 is 13.9 Å². The van der Waals surface area contributed by atoms with Gasteiger partial charge in [-0.3, -0.25) is 4.79 Å². The number of likely N-dealkylation sites (N-methyl/N-ethyl adjacent to an activating group) is 1. The maximum atomic E-state index is 13.3. The molecule has 0 spiro atoms. The minimum Gasteiger partial charge on any atom is -0.497 e. The average Bonchev–Trinajstić information content (AvgIpc) is 2.28. The third-order valence-electron chi connectivity index (χ3n) is 1.99. The molecule has 0 aliphatic rings. The normalized spacial score (nSPS) is 9.69. The van der Waals surface area contributed by atoms with E-state index in [4.69, 9.17) is 4.74 Å². The molecule has 2 N–H and O–H groups in total. The minimum atomic E-state index is -0.412. The van der Waals surface area contributed by atoms with Crippen molar-refractivity contribution in [2.75, 3.05) is 25.5 Å². The molecular weight excluding hydrogens is 211 g/mol. The molecule has 0 aliphatic carbocycles. The van der Waals surface area contributed by atoms with Gasteiger partial charge >= 0.3 is 0 Å². The van der Waals surface area contributed by atoms with Gasteiger partial charge in [-0.15, -0.1) is 0 Å². The van der Waals surface area contributed by atoms with Crippen molar-refractivity contribution in [2.24, 2.45) is 0 Å². The Labute approximate surface area is 93.8 Å². The molecule has 16 heavy (non-hydrogen) atoms. The summed E-state index contributed by atoms with van der Waals surface area (Å²) >= 11 is 0. The lowest BCUT2D eigenvalue weighted by atomic mass is 10.3. The summed E-state index contributed by atoms with van der Waals surface area (Å²) in [5.74, 6) is -0.0466. The van der Waals surface area contributed by atoms with Crippen LogP contribution in [0.3, 0.4) is 0 Å². The van der Waals surface area contributed by atoms with E-state index in [-0.39, 0.29) is 18.1 Å². The number of amides is 1. The first-order valence-electron chi connectivity index (χ1n) is 5.01. The monoisotopic (exact) mass is 226 g/mol. The Balaban J connectivity index is 2.62. The van der Waals surface area contributed by atoms with Crippen LogP contribution in [-0.4, -0.2) is 26.1 Å². The molecular formula is C11H15FN2O2. The van der Waals surface area contributed by atoms with Crippen LogP contribution >= 0.6 is 0 Å². The summed E-state index contributed by atoms with van der Waals surface area (Å²) in [4.78, 5) is 11.2. The van der Waals surface area contributed by atoms with Gasteiger partial charge in [0.2, 0.25) is 5.91 Å². The topological polar surface area (TPSA) is 50.4 Å². The van der Waals surface area contributed by atoms with Gasteiger partial charge in [-0.1, -0.05) is 0 Å². The first kappa shape index (κ1) is 12.3. The molecule has 0 heterocycles. The van der Waals surface area contributed by atoms with Gasteiger partial charge in [0.15, 0.2) is 0 Å². The van der Waals surface area contributed by atoms with Gasteiger partial charge < -0.3 is 15.4 Å². The first-order chi connectivity index (χ1) is 7.67. The summed E-state index contributed by atoms with van der Waals surface area (Å²) in [5.41, 5.74) is 0.255. The number of carbonyl (C=O) groups excluding carboxylic acids is 1. The van der Waals surface area contributed by atoms with Gasteiger partial charge in [-0.05, 0) is 19.1 Å². The summed E-state index contributed by atoms with van der Waals surface area (Å²) in [6.07, 6.45) is 0. The molecule has 1 rings (SSSR count). The Kier molecular flexibility index (Phi) is 4.57. The standard InChI is InChI=1S/C11H15FN2O2/c1-3-13-11(15)7-14-10-6-8(16-2)4-5-9(10)12/h4-6,14H,3,7H2,1-2H3,(H,13,15). The van der Waals surface area contributed by atoms with E-state index in [1.807, 2.05) is 6.92 Å². The van der Waals surface area contributed by atoms with E-state index in [9.17, 15) is 9.18 Å². The molecule has 1 amide bonds. The quantitative estimate of drug-likeness (QED) is 0.797. The number of ether oxygens (including phenoxy) is 1. The molecule has 1 aromatic carbocycles. The molecule has 5 heteroatoms. The van der Waals surface area contributed by atoms with E-state index in [1.54, 1.807) is 0 Å². The predicted octanol–water partition coefficient (Wildman–Crippen LogP) is 1.38. The molecule has 1 aromatic rings. The highest BCUT2D eigenvalue weighted by Crippen LogP contribution is 2.20. The SMILES string of the molecule is CCNC(=O)CNc1cc(OC)ccc1F. The molecule has 0 saturated heterocycles. The minimum absolute atomic E-state index is 0.0396. The number of halogens is 1. The Morgan fingerprint density at radius 3 is 2.88 bits per heavy atom. The number of anilines is 1. The third kappa shape index (κ3) is 3.42. The Hall–Kier alpha value is -1.78. The van der Waals surface area contributed by atoms with E-state index < -0.39 is 5.82 Å². The highest BCUT2D eigenvalue weighted by Gasteiger charge is 2.05. The molecule has 0 atom stereocenters. The van der Waals surface area contributed by atoms with Crippen LogP contribution in [-0.2, 0) is 4.79 Å². The molecule has 0 unspecified atom stereocenters. The molecule has 0 bridgehead atoms. The highest BCUT2D eigenvalue weighted by molar-refractivity contribution is 5.80. The lowest BCUT2D eigenvalue weighted by Gasteiger charge is -2.08. The summed E-state index contributed by atoms with van der Waals surface area (Å²) in [5, 5.41) is 5.31. The van der Waals surface area contributed by atoms with E-state index in [1.165, 1.54) is 25.3 Å². The van der Waals surface area contributed by atoms with Gasteiger partial charge in [0, 0.05) is 12.6 Å². The highest BCUT2D eigenvalue weighted by atomic mass is 19.1. The van der Waals surface area contributed by atoms with Gasteiger partial charge in [-0.25, -0.2) is 4.39 Å². The van der Waals surface area contributed by atoms with Crippen LogP contribution < -0.4 is 15.4 Å². The molecule has 88 valence electrons. The van der Waals surface area contributed by atoms with Gasteiger partial charge in [0.05, 0.1) is 19.3 Å². The molecule has 4 nitrogen and oxygen atoms in total. The van der Waals surface area contributed by atoms with E-state index >= 15 is 0 Å². The largest absolute Gasteiger partial charge is 0.497 e. The second-order valence-corrected chi connectivity index (χ2v) is 3.15. The fraction of sp³-hybridized carbons (Fsp3) is 0.364. The number of hydrogen-bond acceptors (Lipinski definition) is 3. The van der Waals surface area contributed by atoms with E-state index in [0.717, 1.165) is 0 Å². The zero-order valence-electron chi connectivity index (χ0n) is 9.34. The molecule has 0 aliphatic heterocycles. The van der Waals surface area contributed by atoms with Crippen LogP contribution in [0, 0.1) is 5.82 Å². The lowest BCUT2D eigenvalue weighted by Crippen LogP contribution is -2.29. The zero-order valence-corrected chi connectivity index (χ0v) is 9.34. The zero-order chi connectivity index (χ0) is 12.0. The smallest absolute Gasteiger partial charge is 0.239 e. The van der Waals surface area contributed by atoms with Crippen molar-refractivity contribution in [3.05, 3.63) is 24.0 Å². The number of nitrogens with one attached hydrogen (secondary N) is 2. The fourth-order valence-electron chi connectivity index (χ4n) is 1.20. The number of rotatable bonds is 5. The summed E-state index contributed by atoms with van der Waals surface area (Å²) in [6, 6.07) is 4.32. The van der Waals surface area contributed by atoms with Crippen LogP contribution in [0.5, 0.6) is 5.75 Å². The molecule has 0 fully saturated rings. The first-order valence-corrected chi connectivity index (χ1v) is 5.01. The summed E-state index contributed by atoms with van der Waals surface area (Å²) in [6.45, 7) is 2.42. The average molecular weight is 226 g/mol. The maximum absolute atomic E-state index is 13.3. The van der Waals surface area contributed by atoms with Crippen molar-refractivity contribution in [1.29, 1.82) is 0 Å². The van der Waals surface area contributed by atoms with Gasteiger partial charge in [-0.2, -0.15) is 0 Å². The second kappa shape index (κ2) is 5.95. The molecule has 0 aromatic heterocycles. The Morgan fingerprint density at radius 2 is 2.25 bits per heavy atom. The number of carbonyl (C=O) groups is 1. The third-order valence-corrected chi connectivity index (χ3v) is 1.99. The van der Waals surface area contributed by atoms with E-state index in [2.05, 4.69) is 10.6 Å². The van der Waals surface area contributed by atoms with Crippen molar-refractivity contribution >= 4 is 11.6 Å². The lowest BCUT2D eigenvalue weighted by molar-refractivity contribution is -0.119. The second-order valence-electron chi connectivity index (χ2n) is 3.15. The van der Waals surface area contributed by atoms with E-state index in [0.29, 0.717) is 12.3 Å².